The first-order valence-electron chi connectivity index (χ1n) is 8.95. The lowest BCUT2D eigenvalue weighted by molar-refractivity contribution is 0.405. The normalized spacial score (nSPS) is 11.8. The molecule has 0 fully saturated rings. The Labute approximate surface area is 155 Å². The Morgan fingerprint density at radius 2 is 2.04 bits per heavy atom. The van der Waals surface area contributed by atoms with Gasteiger partial charge in [0.05, 0.1) is 16.8 Å². The maximum Gasteiger partial charge on any atom is 0.161 e. The van der Waals surface area contributed by atoms with Crippen LogP contribution in [0.4, 0.5) is 5.69 Å². The molecule has 1 aromatic carbocycles. The van der Waals surface area contributed by atoms with Gasteiger partial charge in [0.15, 0.2) is 5.84 Å². The third kappa shape index (κ3) is 4.76. The fourth-order valence-electron chi connectivity index (χ4n) is 3.04. The van der Waals surface area contributed by atoms with E-state index in [1.165, 1.54) is 5.56 Å². The highest BCUT2D eigenvalue weighted by Gasteiger charge is 2.15. The summed E-state index contributed by atoms with van der Waals surface area (Å²) in [6.07, 6.45) is 2.84. The van der Waals surface area contributed by atoms with Gasteiger partial charge in [-0.2, -0.15) is 5.53 Å². The number of nitrogens with zero attached hydrogens (tertiary/aromatic N) is 4. The van der Waals surface area contributed by atoms with Crippen LogP contribution in [0.25, 0.3) is 10.9 Å². The molecular formula is C19H29N7. The number of amidine groups is 1. The van der Waals surface area contributed by atoms with Crippen LogP contribution in [0, 0.1) is 19.4 Å². The van der Waals surface area contributed by atoms with E-state index in [0.29, 0.717) is 12.4 Å². The number of pyridine rings is 1. The Hall–Kier alpha value is -2.54. The first-order valence-corrected chi connectivity index (χ1v) is 8.95. The van der Waals surface area contributed by atoms with Crippen LogP contribution < -0.4 is 10.6 Å². The van der Waals surface area contributed by atoms with Crippen molar-refractivity contribution in [2.75, 3.05) is 39.0 Å². The molecule has 0 aliphatic carbocycles. The fraction of sp³-hybridized carbons (Fsp3) is 0.474. The van der Waals surface area contributed by atoms with Crippen LogP contribution in [-0.4, -0.2) is 49.4 Å². The van der Waals surface area contributed by atoms with Crippen LogP contribution in [0.2, 0.25) is 0 Å². The smallest absolute Gasteiger partial charge is 0.161 e. The maximum atomic E-state index is 7.13. The summed E-state index contributed by atoms with van der Waals surface area (Å²) in [5.74, 6) is 0.561. The molecule has 0 radical (unpaired) electrons. The fourth-order valence-corrected chi connectivity index (χ4v) is 3.04. The molecule has 0 atom stereocenters. The minimum Gasteiger partial charge on any atom is -0.384 e. The van der Waals surface area contributed by atoms with E-state index >= 15 is 0 Å². The largest absolute Gasteiger partial charge is 0.384 e. The van der Waals surface area contributed by atoms with Crippen molar-refractivity contribution >= 4 is 22.4 Å². The number of aryl methyl sites for hydroxylation is 2. The Morgan fingerprint density at radius 3 is 2.69 bits per heavy atom. The molecule has 0 spiro atoms. The van der Waals surface area contributed by atoms with E-state index in [4.69, 9.17) is 5.53 Å². The highest BCUT2D eigenvalue weighted by atomic mass is 15.3. The molecule has 3 N–H and O–H groups in total. The standard InChI is InChI=1S/C19H29N7/c1-6-21-19(24-25-20)16-12-23-17-14(3)10-13(2)11-15(17)18(16)22-8-7-9-26(4)5/h10-12H,6-9H2,1-5H3,(H,22,23)(H2,20,21,24). The lowest BCUT2D eigenvalue weighted by Gasteiger charge is -2.18. The molecule has 0 aliphatic heterocycles. The van der Waals surface area contributed by atoms with Crippen LogP contribution in [0.3, 0.4) is 0 Å². The van der Waals surface area contributed by atoms with Gasteiger partial charge in [-0.3, -0.25) is 4.98 Å². The summed E-state index contributed by atoms with van der Waals surface area (Å²) in [5, 5.41) is 15.0. The molecule has 0 saturated carbocycles. The molecule has 0 bridgehead atoms. The summed E-state index contributed by atoms with van der Waals surface area (Å²) in [6.45, 7) is 8.71. The molecule has 1 aromatic heterocycles. The molecule has 1 heterocycles. The molecular weight excluding hydrogens is 326 g/mol. The number of fused-ring (bicyclic) bond motifs is 1. The van der Waals surface area contributed by atoms with Gasteiger partial charge < -0.3 is 15.5 Å². The van der Waals surface area contributed by atoms with Crippen LogP contribution in [0.15, 0.2) is 28.7 Å². The number of anilines is 1. The van der Waals surface area contributed by atoms with Crippen molar-refractivity contribution < 1.29 is 0 Å². The minimum absolute atomic E-state index is 0.561. The SMILES string of the molecule is CCN/C(=N\N=N)c1cnc2c(C)cc(C)cc2c1NCCCN(C)C. The molecule has 2 aromatic rings. The molecule has 0 unspecified atom stereocenters. The van der Waals surface area contributed by atoms with Gasteiger partial charge >= 0.3 is 0 Å². The lowest BCUT2D eigenvalue weighted by Crippen LogP contribution is -2.25. The summed E-state index contributed by atoms with van der Waals surface area (Å²) in [4.78, 5) is 6.83. The van der Waals surface area contributed by atoms with E-state index < -0.39 is 0 Å². The molecule has 0 aliphatic rings. The van der Waals surface area contributed by atoms with Gasteiger partial charge in [-0.05, 0) is 59.5 Å². The number of benzene rings is 1. The number of hydrogen-bond donors (Lipinski definition) is 3. The van der Waals surface area contributed by atoms with Gasteiger partial charge in [0.25, 0.3) is 0 Å². The van der Waals surface area contributed by atoms with Crippen molar-refractivity contribution in [3.63, 3.8) is 0 Å². The average Bonchev–Trinajstić information content (AvgIpc) is 2.58. The third-order valence-corrected chi connectivity index (χ3v) is 4.14. The zero-order valence-corrected chi connectivity index (χ0v) is 16.3. The lowest BCUT2D eigenvalue weighted by atomic mass is 10.0. The predicted molar refractivity (Wildman–Crippen MR) is 108 cm³/mol. The highest BCUT2D eigenvalue weighted by Crippen LogP contribution is 2.29. The summed E-state index contributed by atoms with van der Waals surface area (Å²) in [5.41, 5.74) is 12.3. The van der Waals surface area contributed by atoms with Crippen LogP contribution in [0.1, 0.15) is 30.0 Å². The molecule has 0 amide bonds. The molecule has 26 heavy (non-hydrogen) atoms. The van der Waals surface area contributed by atoms with E-state index in [-0.39, 0.29) is 0 Å². The van der Waals surface area contributed by atoms with Crippen molar-refractivity contribution in [1.29, 1.82) is 5.53 Å². The van der Waals surface area contributed by atoms with E-state index in [9.17, 15) is 0 Å². The zero-order chi connectivity index (χ0) is 19.1. The Kier molecular flexibility index (Phi) is 7.03. The molecule has 140 valence electrons. The number of nitrogens with one attached hydrogen (secondary N) is 3. The van der Waals surface area contributed by atoms with Crippen molar-refractivity contribution in [2.24, 2.45) is 10.3 Å². The van der Waals surface area contributed by atoms with Crippen molar-refractivity contribution in [3.8, 4) is 0 Å². The Bertz CT molecular complexity index is 796. The number of aromatic nitrogens is 1. The summed E-state index contributed by atoms with van der Waals surface area (Å²) in [7, 11) is 4.15. The topological polar surface area (TPSA) is 88.8 Å². The second-order valence-electron chi connectivity index (χ2n) is 6.69. The minimum atomic E-state index is 0.561. The second-order valence-corrected chi connectivity index (χ2v) is 6.69. The molecule has 7 nitrogen and oxygen atoms in total. The molecule has 7 heteroatoms. The van der Waals surface area contributed by atoms with Gasteiger partial charge in [0.2, 0.25) is 0 Å². The summed E-state index contributed by atoms with van der Waals surface area (Å²) < 4.78 is 0. The van der Waals surface area contributed by atoms with Gasteiger partial charge in [-0.1, -0.05) is 16.9 Å². The predicted octanol–water partition coefficient (Wildman–Crippen LogP) is 3.52. The van der Waals surface area contributed by atoms with Gasteiger partial charge in [0.1, 0.15) is 0 Å². The number of rotatable bonds is 8. The Balaban J connectivity index is 2.54. The van der Waals surface area contributed by atoms with E-state index in [1.54, 1.807) is 0 Å². The first kappa shape index (κ1) is 19.8. The van der Waals surface area contributed by atoms with Gasteiger partial charge in [0, 0.05) is 24.7 Å². The quantitative estimate of drug-likeness (QED) is 0.222. The third-order valence-electron chi connectivity index (χ3n) is 4.14. The van der Waals surface area contributed by atoms with E-state index in [0.717, 1.165) is 47.2 Å². The van der Waals surface area contributed by atoms with Crippen molar-refractivity contribution in [2.45, 2.75) is 27.2 Å². The number of hydrogen-bond acceptors (Lipinski definition) is 5. The van der Waals surface area contributed by atoms with E-state index in [2.05, 4.69) is 70.9 Å². The van der Waals surface area contributed by atoms with E-state index in [1.807, 2.05) is 13.1 Å². The highest BCUT2D eigenvalue weighted by molar-refractivity contribution is 6.09. The zero-order valence-electron chi connectivity index (χ0n) is 16.3. The average molecular weight is 355 g/mol. The van der Waals surface area contributed by atoms with Crippen molar-refractivity contribution in [3.05, 3.63) is 35.0 Å². The summed E-state index contributed by atoms with van der Waals surface area (Å²) >= 11 is 0. The Morgan fingerprint density at radius 1 is 1.27 bits per heavy atom. The van der Waals surface area contributed by atoms with Crippen LogP contribution in [0.5, 0.6) is 0 Å². The first-order chi connectivity index (χ1) is 12.5. The maximum absolute atomic E-state index is 7.13. The van der Waals surface area contributed by atoms with Gasteiger partial charge in [-0.25, -0.2) is 0 Å². The van der Waals surface area contributed by atoms with Crippen LogP contribution in [-0.2, 0) is 0 Å². The molecule has 0 saturated heterocycles. The van der Waals surface area contributed by atoms with Crippen LogP contribution >= 0.6 is 0 Å². The molecule has 2 rings (SSSR count). The van der Waals surface area contributed by atoms with Gasteiger partial charge in [-0.15, -0.1) is 5.10 Å². The second kappa shape index (κ2) is 9.24. The monoisotopic (exact) mass is 355 g/mol. The van der Waals surface area contributed by atoms with Crippen molar-refractivity contribution in [1.82, 2.24) is 15.2 Å². The summed E-state index contributed by atoms with van der Waals surface area (Å²) in [6, 6.07) is 4.29.